The quantitative estimate of drug-likeness (QED) is 0.494. The van der Waals surface area contributed by atoms with Gasteiger partial charge in [-0.05, 0) is 29.1 Å². The summed E-state index contributed by atoms with van der Waals surface area (Å²) < 4.78 is 1.82. The molecule has 29 heavy (non-hydrogen) atoms. The number of hydrogen-bond acceptors (Lipinski definition) is 5. The second-order valence-corrected chi connectivity index (χ2v) is 7.40. The van der Waals surface area contributed by atoms with Crippen LogP contribution in [0.1, 0.15) is 21.1 Å². The summed E-state index contributed by atoms with van der Waals surface area (Å²) in [6.45, 7) is 0.212. The summed E-state index contributed by atoms with van der Waals surface area (Å²) >= 11 is 1.34. The third kappa shape index (κ3) is 4.49. The van der Waals surface area contributed by atoms with E-state index in [1.807, 2.05) is 70.6 Å². The van der Waals surface area contributed by atoms with E-state index < -0.39 is 6.04 Å². The number of nitrogens with one attached hydrogen (secondary N) is 2. The fourth-order valence-electron chi connectivity index (χ4n) is 3.00. The van der Waals surface area contributed by atoms with Gasteiger partial charge in [0.05, 0.1) is 11.4 Å². The molecule has 0 aliphatic heterocycles. The van der Waals surface area contributed by atoms with E-state index in [1.165, 1.54) is 11.3 Å². The van der Waals surface area contributed by atoms with Gasteiger partial charge in [-0.1, -0.05) is 42.5 Å². The summed E-state index contributed by atoms with van der Waals surface area (Å²) in [7, 11) is 0. The monoisotopic (exact) mass is 405 g/mol. The maximum absolute atomic E-state index is 12.9. The summed E-state index contributed by atoms with van der Waals surface area (Å²) in [6, 6.07) is 18.0. The first-order valence-electron chi connectivity index (χ1n) is 9.15. The highest BCUT2D eigenvalue weighted by Gasteiger charge is 2.22. The van der Waals surface area contributed by atoms with E-state index in [4.69, 9.17) is 0 Å². The fraction of sp³-hybridized carbons (Fsp3) is 0.143. The standard InChI is InChI=1S/C21H19N5O2S/c27-20(22-14-19-25-24-18-10-4-5-11-26(18)19)16(13-15-7-2-1-3-8-15)23-21(28)17-9-6-12-29-17/h1-12,16H,13-14H2,(H,22,27)(H,23,28)/t16-/m1/s1. The predicted octanol–water partition coefficient (Wildman–Crippen LogP) is 2.45. The number of nitrogens with zero attached hydrogens (tertiary/aromatic N) is 3. The molecule has 1 atom stereocenters. The number of aromatic nitrogens is 3. The average molecular weight is 405 g/mol. The third-order valence-corrected chi connectivity index (χ3v) is 5.32. The summed E-state index contributed by atoms with van der Waals surface area (Å²) in [5.41, 5.74) is 1.68. The van der Waals surface area contributed by atoms with Crippen LogP contribution in [0.3, 0.4) is 0 Å². The Bertz CT molecular complexity index is 1110. The van der Waals surface area contributed by atoms with Gasteiger partial charge < -0.3 is 10.6 Å². The van der Waals surface area contributed by atoms with Gasteiger partial charge in [-0.15, -0.1) is 21.5 Å². The number of thiophene rings is 1. The first-order valence-corrected chi connectivity index (χ1v) is 10.0. The lowest BCUT2D eigenvalue weighted by Crippen LogP contribution is -2.47. The molecule has 0 aliphatic rings. The molecule has 4 aromatic rings. The molecule has 0 saturated carbocycles. The molecular formula is C21H19N5O2S. The van der Waals surface area contributed by atoms with Gasteiger partial charge in [0.1, 0.15) is 6.04 Å². The molecule has 4 rings (SSSR count). The summed E-state index contributed by atoms with van der Waals surface area (Å²) in [6.07, 6.45) is 2.24. The van der Waals surface area contributed by atoms with Crippen molar-refractivity contribution in [1.82, 2.24) is 25.2 Å². The summed E-state index contributed by atoms with van der Waals surface area (Å²) in [5.74, 6) is 0.0902. The lowest BCUT2D eigenvalue weighted by molar-refractivity contribution is -0.123. The van der Waals surface area contributed by atoms with Crippen molar-refractivity contribution in [3.8, 4) is 0 Å². The summed E-state index contributed by atoms with van der Waals surface area (Å²) in [5, 5.41) is 15.8. The number of amides is 2. The van der Waals surface area contributed by atoms with Crippen LogP contribution in [0.15, 0.2) is 72.2 Å². The minimum Gasteiger partial charge on any atom is -0.347 e. The largest absolute Gasteiger partial charge is 0.347 e. The molecule has 0 fully saturated rings. The first kappa shape index (κ1) is 18.8. The number of carbonyl (C=O) groups excluding carboxylic acids is 2. The maximum Gasteiger partial charge on any atom is 0.262 e. The molecule has 0 bridgehead atoms. The molecule has 7 nitrogen and oxygen atoms in total. The molecule has 0 aliphatic carbocycles. The van der Waals surface area contributed by atoms with Crippen molar-refractivity contribution in [2.75, 3.05) is 0 Å². The third-order valence-electron chi connectivity index (χ3n) is 4.45. The molecule has 146 valence electrons. The second-order valence-electron chi connectivity index (χ2n) is 6.46. The second kappa shape index (κ2) is 8.66. The average Bonchev–Trinajstić information content (AvgIpc) is 3.42. The van der Waals surface area contributed by atoms with Crippen LogP contribution in [0, 0.1) is 0 Å². The molecule has 2 N–H and O–H groups in total. The van der Waals surface area contributed by atoms with Crippen molar-refractivity contribution in [3.63, 3.8) is 0 Å². The van der Waals surface area contributed by atoms with E-state index >= 15 is 0 Å². The van der Waals surface area contributed by atoms with Crippen molar-refractivity contribution in [2.24, 2.45) is 0 Å². The van der Waals surface area contributed by atoms with E-state index in [0.29, 0.717) is 22.8 Å². The van der Waals surface area contributed by atoms with Crippen molar-refractivity contribution in [1.29, 1.82) is 0 Å². The van der Waals surface area contributed by atoms with Crippen LogP contribution in [-0.2, 0) is 17.8 Å². The van der Waals surface area contributed by atoms with Crippen molar-refractivity contribution in [3.05, 3.63) is 88.5 Å². The molecular weight excluding hydrogens is 386 g/mol. The van der Waals surface area contributed by atoms with E-state index in [-0.39, 0.29) is 18.4 Å². The van der Waals surface area contributed by atoms with Crippen LogP contribution in [0.4, 0.5) is 0 Å². The minimum absolute atomic E-state index is 0.212. The van der Waals surface area contributed by atoms with E-state index in [2.05, 4.69) is 20.8 Å². The minimum atomic E-state index is -0.703. The highest BCUT2D eigenvalue weighted by atomic mass is 32.1. The lowest BCUT2D eigenvalue weighted by atomic mass is 10.1. The predicted molar refractivity (Wildman–Crippen MR) is 111 cm³/mol. The van der Waals surface area contributed by atoms with Gasteiger partial charge in [0.15, 0.2) is 11.5 Å². The fourth-order valence-corrected chi connectivity index (χ4v) is 3.62. The highest BCUT2D eigenvalue weighted by Crippen LogP contribution is 2.10. The highest BCUT2D eigenvalue weighted by molar-refractivity contribution is 7.12. The van der Waals surface area contributed by atoms with Gasteiger partial charge in [0, 0.05) is 12.6 Å². The number of pyridine rings is 1. The maximum atomic E-state index is 12.9. The topological polar surface area (TPSA) is 88.4 Å². The Labute approximate surface area is 171 Å². The van der Waals surface area contributed by atoms with Crippen molar-refractivity contribution < 1.29 is 9.59 Å². The number of fused-ring (bicyclic) bond motifs is 1. The van der Waals surface area contributed by atoms with Crippen molar-refractivity contribution >= 4 is 28.8 Å². The van der Waals surface area contributed by atoms with Gasteiger partial charge in [-0.2, -0.15) is 0 Å². The van der Waals surface area contributed by atoms with Crippen LogP contribution < -0.4 is 10.6 Å². The molecule has 8 heteroatoms. The molecule has 3 aromatic heterocycles. The SMILES string of the molecule is O=C(N[C@H](Cc1ccccc1)C(=O)NCc1nnc2ccccn12)c1cccs1. The number of benzene rings is 1. The Morgan fingerprint density at radius 3 is 2.62 bits per heavy atom. The van der Waals surface area contributed by atoms with Crippen LogP contribution >= 0.6 is 11.3 Å². The Balaban J connectivity index is 1.48. The van der Waals surface area contributed by atoms with Crippen molar-refractivity contribution in [2.45, 2.75) is 19.0 Å². The molecule has 0 radical (unpaired) electrons. The van der Waals surface area contributed by atoms with Crippen LogP contribution in [0.5, 0.6) is 0 Å². The normalized spacial score (nSPS) is 11.9. The Morgan fingerprint density at radius 1 is 1.00 bits per heavy atom. The molecule has 0 unspecified atom stereocenters. The number of hydrogen-bond donors (Lipinski definition) is 2. The lowest BCUT2D eigenvalue weighted by Gasteiger charge is -2.18. The van der Waals surface area contributed by atoms with E-state index in [0.717, 1.165) is 5.56 Å². The molecule has 0 saturated heterocycles. The zero-order chi connectivity index (χ0) is 20.1. The van der Waals surface area contributed by atoms with E-state index in [9.17, 15) is 9.59 Å². The zero-order valence-electron chi connectivity index (χ0n) is 15.5. The molecule has 0 spiro atoms. The smallest absolute Gasteiger partial charge is 0.262 e. The Kier molecular flexibility index (Phi) is 5.62. The molecule has 1 aromatic carbocycles. The zero-order valence-corrected chi connectivity index (χ0v) is 16.3. The number of rotatable bonds is 7. The van der Waals surface area contributed by atoms with Gasteiger partial charge in [0.2, 0.25) is 5.91 Å². The molecule has 2 amide bonds. The van der Waals surface area contributed by atoms with Gasteiger partial charge in [-0.25, -0.2) is 0 Å². The van der Waals surface area contributed by atoms with Gasteiger partial charge >= 0.3 is 0 Å². The molecule has 3 heterocycles. The Hall–Kier alpha value is -3.52. The van der Waals surface area contributed by atoms with Crippen LogP contribution in [-0.4, -0.2) is 32.5 Å². The Morgan fingerprint density at radius 2 is 1.83 bits per heavy atom. The summed E-state index contributed by atoms with van der Waals surface area (Å²) in [4.78, 5) is 26.0. The first-order chi connectivity index (χ1) is 14.2. The van der Waals surface area contributed by atoms with Gasteiger partial charge in [0.25, 0.3) is 5.91 Å². The van der Waals surface area contributed by atoms with Crippen LogP contribution in [0.25, 0.3) is 5.65 Å². The van der Waals surface area contributed by atoms with Crippen LogP contribution in [0.2, 0.25) is 0 Å². The van der Waals surface area contributed by atoms with E-state index in [1.54, 1.807) is 6.07 Å². The number of carbonyl (C=O) groups is 2. The van der Waals surface area contributed by atoms with Gasteiger partial charge in [-0.3, -0.25) is 14.0 Å².